The van der Waals surface area contributed by atoms with Gasteiger partial charge >= 0.3 is 0 Å². The number of carbonyl (C=O) groups excluding carboxylic acids is 1. The van der Waals surface area contributed by atoms with Gasteiger partial charge in [-0.1, -0.05) is 29.5 Å². The third-order valence-corrected chi connectivity index (χ3v) is 4.89. The van der Waals surface area contributed by atoms with Gasteiger partial charge in [-0.25, -0.2) is 8.78 Å². The van der Waals surface area contributed by atoms with Crippen LogP contribution >= 0.6 is 11.8 Å². The summed E-state index contributed by atoms with van der Waals surface area (Å²) in [5.74, 6) is -1.98. The number of thioether (sulfide) groups is 1. The van der Waals surface area contributed by atoms with Crippen molar-refractivity contribution in [3.63, 3.8) is 0 Å². The lowest BCUT2D eigenvalue weighted by Gasteiger charge is -2.13. The number of hydrogen-bond donors (Lipinski definition) is 1. The van der Waals surface area contributed by atoms with Crippen molar-refractivity contribution in [3.8, 4) is 5.69 Å². The molecule has 1 aromatic heterocycles. The fourth-order valence-corrected chi connectivity index (χ4v) is 3.28. The summed E-state index contributed by atoms with van der Waals surface area (Å²) in [6.45, 7) is 5.60. The summed E-state index contributed by atoms with van der Waals surface area (Å²) >= 11 is 1.14. The zero-order chi connectivity index (χ0) is 19.6. The average Bonchev–Trinajstić information content (AvgIpc) is 3.05. The Morgan fingerprint density at radius 2 is 1.96 bits per heavy atom. The van der Waals surface area contributed by atoms with Gasteiger partial charge in [-0.05, 0) is 55.0 Å². The van der Waals surface area contributed by atoms with Crippen molar-refractivity contribution in [2.24, 2.45) is 0 Å². The van der Waals surface area contributed by atoms with Gasteiger partial charge in [-0.15, -0.1) is 5.10 Å². The summed E-state index contributed by atoms with van der Waals surface area (Å²) in [5.41, 5.74) is 2.84. The van der Waals surface area contributed by atoms with Crippen LogP contribution in [0.5, 0.6) is 0 Å². The molecule has 2 aromatic carbocycles. The lowest BCUT2D eigenvalue weighted by molar-refractivity contribution is -0.115. The van der Waals surface area contributed by atoms with E-state index >= 15 is 0 Å². The second kappa shape index (κ2) is 7.83. The molecule has 0 saturated heterocycles. The Kier molecular flexibility index (Phi) is 5.50. The van der Waals surface area contributed by atoms with Crippen LogP contribution in [0.15, 0.2) is 41.6 Å². The molecule has 1 N–H and O–H groups in total. The smallest absolute Gasteiger partial charge is 0.237 e. The maximum absolute atomic E-state index is 13.7. The first kappa shape index (κ1) is 19.0. The molecule has 3 aromatic rings. The second-order valence-electron chi connectivity index (χ2n) is 6.04. The number of rotatable bonds is 5. The van der Waals surface area contributed by atoms with Crippen molar-refractivity contribution in [2.75, 3.05) is 5.32 Å². The maximum atomic E-state index is 13.7. The van der Waals surface area contributed by atoms with Crippen molar-refractivity contribution in [3.05, 3.63) is 59.2 Å². The van der Waals surface area contributed by atoms with Crippen LogP contribution in [0.4, 0.5) is 14.5 Å². The summed E-state index contributed by atoms with van der Waals surface area (Å²) in [6, 6.07) is 8.85. The first-order valence-corrected chi connectivity index (χ1v) is 9.01. The highest BCUT2D eigenvalue weighted by atomic mass is 32.2. The van der Waals surface area contributed by atoms with E-state index < -0.39 is 22.8 Å². The Bertz CT molecular complexity index is 992. The number of halogens is 2. The first-order chi connectivity index (χ1) is 12.8. The van der Waals surface area contributed by atoms with Crippen molar-refractivity contribution >= 4 is 23.4 Å². The number of aromatic nitrogens is 4. The second-order valence-corrected chi connectivity index (χ2v) is 7.34. The number of hydrogen-bond acceptors (Lipinski definition) is 5. The molecule has 140 valence electrons. The molecule has 1 atom stereocenters. The summed E-state index contributed by atoms with van der Waals surface area (Å²) < 4.78 is 28.3. The molecular weight excluding hydrogens is 372 g/mol. The monoisotopic (exact) mass is 389 g/mol. The molecule has 0 aliphatic rings. The van der Waals surface area contributed by atoms with E-state index in [1.54, 1.807) is 11.6 Å². The van der Waals surface area contributed by atoms with Gasteiger partial charge in [-0.3, -0.25) is 4.79 Å². The van der Waals surface area contributed by atoms with Crippen molar-refractivity contribution in [1.29, 1.82) is 0 Å². The topological polar surface area (TPSA) is 72.7 Å². The maximum Gasteiger partial charge on any atom is 0.237 e. The normalized spacial score (nSPS) is 12.0. The van der Waals surface area contributed by atoms with Gasteiger partial charge in [0.05, 0.1) is 16.6 Å². The molecule has 6 nitrogen and oxygen atoms in total. The zero-order valence-corrected chi connectivity index (χ0v) is 15.7. The lowest BCUT2D eigenvalue weighted by atomic mass is 10.1. The fraction of sp³-hybridized carbons (Fsp3) is 0.222. The van der Waals surface area contributed by atoms with Crippen LogP contribution in [-0.2, 0) is 4.79 Å². The van der Waals surface area contributed by atoms with E-state index in [1.807, 2.05) is 32.0 Å². The highest BCUT2D eigenvalue weighted by molar-refractivity contribution is 8.00. The Labute approximate surface area is 159 Å². The molecule has 0 fully saturated rings. The van der Waals surface area contributed by atoms with Crippen molar-refractivity contribution < 1.29 is 13.6 Å². The van der Waals surface area contributed by atoms with Crippen LogP contribution in [0, 0.1) is 25.5 Å². The van der Waals surface area contributed by atoms with Crippen molar-refractivity contribution in [2.45, 2.75) is 31.2 Å². The zero-order valence-electron chi connectivity index (χ0n) is 14.9. The Hall–Kier alpha value is -2.81. The number of carbonyl (C=O) groups is 1. The van der Waals surface area contributed by atoms with Crippen LogP contribution < -0.4 is 5.32 Å². The number of tetrazole rings is 1. The number of amides is 1. The van der Waals surface area contributed by atoms with E-state index in [9.17, 15) is 13.6 Å². The van der Waals surface area contributed by atoms with Gasteiger partial charge in [0.1, 0.15) is 11.6 Å². The van der Waals surface area contributed by atoms with Gasteiger partial charge < -0.3 is 5.32 Å². The molecule has 1 heterocycles. The number of benzene rings is 2. The fourth-order valence-electron chi connectivity index (χ4n) is 2.48. The Morgan fingerprint density at radius 1 is 1.19 bits per heavy atom. The number of nitrogens with one attached hydrogen (secondary N) is 1. The quantitative estimate of drug-likeness (QED) is 0.674. The summed E-state index contributed by atoms with van der Waals surface area (Å²) in [5, 5.41) is 13.9. The predicted molar refractivity (Wildman–Crippen MR) is 98.9 cm³/mol. The van der Waals surface area contributed by atoms with Crippen LogP contribution in [0.2, 0.25) is 0 Å². The Morgan fingerprint density at radius 3 is 2.67 bits per heavy atom. The van der Waals surface area contributed by atoms with E-state index in [2.05, 4.69) is 20.8 Å². The summed E-state index contributed by atoms with van der Waals surface area (Å²) in [6.07, 6.45) is 0. The molecule has 0 spiro atoms. The molecule has 0 radical (unpaired) electrons. The van der Waals surface area contributed by atoms with E-state index in [1.165, 1.54) is 6.07 Å². The largest absolute Gasteiger partial charge is 0.323 e. The molecule has 0 saturated carbocycles. The van der Waals surface area contributed by atoms with Crippen LogP contribution in [0.1, 0.15) is 18.1 Å². The lowest BCUT2D eigenvalue weighted by Crippen LogP contribution is -2.23. The van der Waals surface area contributed by atoms with Gasteiger partial charge in [0.2, 0.25) is 11.1 Å². The third-order valence-electron chi connectivity index (χ3n) is 3.86. The molecule has 0 bridgehead atoms. The average molecular weight is 389 g/mol. The van der Waals surface area contributed by atoms with E-state index in [0.717, 1.165) is 34.6 Å². The van der Waals surface area contributed by atoms with E-state index in [4.69, 9.17) is 0 Å². The molecular formula is C18H17F2N5OS. The molecule has 1 amide bonds. The van der Waals surface area contributed by atoms with Crippen LogP contribution in [-0.4, -0.2) is 31.4 Å². The van der Waals surface area contributed by atoms with Crippen LogP contribution in [0.25, 0.3) is 5.69 Å². The third kappa shape index (κ3) is 4.30. The minimum absolute atomic E-state index is 0.0807. The minimum Gasteiger partial charge on any atom is -0.323 e. The number of aryl methyl sites for hydroxylation is 2. The standard InChI is InChI=1S/C18H17F2N5OS/c1-10-4-7-16(11(2)8-10)25-18(22-23-24-25)27-12(3)17(26)21-15-6-5-13(19)9-14(15)20/h4-9,12H,1-3H3,(H,21,26)/t12-/m0/s1. The molecule has 3 rings (SSSR count). The van der Waals surface area contributed by atoms with E-state index in [0.29, 0.717) is 11.2 Å². The SMILES string of the molecule is Cc1ccc(-n2nnnc2S[C@@H](C)C(=O)Nc2ccc(F)cc2F)c(C)c1. The number of anilines is 1. The van der Waals surface area contributed by atoms with Gasteiger partial charge in [0, 0.05) is 6.07 Å². The highest BCUT2D eigenvalue weighted by Crippen LogP contribution is 2.26. The molecule has 0 unspecified atom stereocenters. The molecule has 9 heteroatoms. The molecule has 27 heavy (non-hydrogen) atoms. The molecule has 0 aliphatic heterocycles. The molecule has 0 aliphatic carbocycles. The first-order valence-electron chi connectivity index (χ1n) is 8.13. The van der Waals surface area contributed by atoms with Gasteiger partial charge in [-0.2, -0.15) is 4.68 Å². The predicted octanol–water partition coefficient (Wildman–Crippen LogP) is 3.68. The summed E-state index contributed by atoms with van der Waals surface area (Å²) in [7, 11) is 0. The van der Waals surface area contributed by atoms with Gasteiger partial charge in [0.25, 0.3) is 0 Å². The van der Waals surface area contributed by atoms with Crippen LogP contribution in [0.3, 0.4) is 0 Å². The van der Waals surface area contributed by atoms with Gasteiger partial charge in [0.15, 0.2) is 0 Å². The van der Waals surface area contributed by atoms with E-state index in [-0.39, 0.29) is 5.69 Å². The summed E-state index contributed by atoms with van der Waals surface area (Å²) in [4.78, 5) is 12.4. The number of nitrogens with zero attached hydrogens (tertiary/aromatic N) is 4. The Balaban J connectivity index is 1.76. The minimum atomic E-state index is -0.833. The van der Waals surface area contributed by atoms with Crippen molar-refractivity contribution in [1.82, 2.24) is 20.2 Å². The highest BCUT2D eigenvalue weighted by Gasteiger charge is 2.21.